The highest BCUT2D eigenvalue weighted by Crippen LogP contribution is 2.09. The maximum Gasteiger partial charge on any atom is 0.180 e. The highest BCUT2D eigenvalue weighted by atomic mass is 16.7. The lowest BCUT2D eigenvalue weighted by Crippen LogP contribution is -2.36. The van der Waals surface area contributed by atoms with Crippen molar-refractivity contribution in [3.05, 3.63) is 0 Å². The molecule has 0 spiro atoms. The quantitative estimate of drug-likeness (QED) is 0.622. The second-order valence-corrected chi connectivity index (χ2v) is 2.47. The zero-order chi connectivity index (χ0) is 8.10. The van der Waals surface area contributed by atoms with Crippen LogP contribution in [0.25, 0.3) is 0 Å². The van der Waals surface area contributed by atoms with Gasteiger partial charge >= 0.3 is 0 Å². The molecule has 0 aromatic carbocycles. The zero-order valence-corrected chi connectivity index (χ0v) is 6.66. The molecule has 11 heavy (non-hydrogen) atoms. The Balaban J connectivity index is 2.14. The van der Waals surface area contributed by atoms with Crippen LogP contribution in [0.5, 0.6) is 0 Å². The Morgan fingerprint density at radius 3 is 2.73 bits per heavy atom. The van der Waals surface area contributed by atoms with E-state index in [4.69, 9.17) is 19.3 Å². The van der Waals surface area contributed by atoms with Crippen LogP contribution in [-0.4, -0.2) is 44.4 Å². The topological polar surface area (TPSA) is 47.9 Å². The van der Waals surface area contributed by atoms with Gasteiger partial charge in [0.2, 0.25) is 0 Å². The van der Waals surface area contributed by atoms with E-state index in [1.54, 1.807) is 7.11 Å². The second kappa shape index (κ2) is 4.66. The number of aliphatic hydroxyl groups excluding tert-OH is 1. The molecule has 0 amide bonds. The first-order valence-corrected chi connectivity index (χ1v) is 3.73. The number of hydrogen-bond donors (Lipinski definition) is 1. The molecule has 4 nitrogen and oxygen atoms in total. The molecular weight excluding hydrogens is 148 g/mol. The minimum atomic E-state index is -0.232. The van der Waals surface area contributed by atoms with Crippen molar-refractivity contribution in [2.45, 2.75) is 18.8 Å². The number of ether oxygens (including phenoxy) is 3. The summed E-state index contributed by atoms with van der Waals surface area (Å²) in [5.41, 5.74) is 0. The van der Waals surface area contributed by atoms with Gasteiger partial charge < -0.3 is 19.3 Å². The number of aliphatic hydroxyl groups is 1. The van der Waals surface area contributed by atoms with E-state index >= 15 is 0 Å². The van der Waals surface area contributed by atoms with Gasteiger partial charge in [0, 0.05) is 13.7 Å². The molecule has 4 heteroatoms. The molecule has 0 aromatic rings. The Morgan fingerprint density at radius 1 is 1.45 bits per heavy atom. The Morgan fingerprint density at radius 2 is 2.27 bits per heavy atom. The SMILES string of the molecule is CO[C@H]1CO[C@@H](CCO)CO1. The normalized spacial score (nSPS) is 32.2. The Bertz CT molecular complexity index is 98.6. The molecule has 1 aliphatic rings. The molecule has 0 aromatic heterocycles. The fourth-order valence-corrected chi connectivity index (χ4v) is 0.972. The highest BCUT2D eigenvalue weighted by Gasteiger charge is 2.20. The van der Waals surface area contributed by atoms with Gasteiger partial charge in [0.25, 0.3) is 0 Å². The van der Waals surface area contributed by atoms with Gasteiger partial charge in [0.1, 0.15) is 0 Å². The minimum Gasteiger partial charge on any atom is -0.396 e. The predicted octanol–water partition coefficient (Wildman–Crippen LogP) is -0.243. The monoisotopic (exact) mass is 162 g/mol. The van der Waals surface area contributed by atoms with Gasteiger partial charge in [-0.1, -0.05) is 0 Å². The van der Waals surface area contributed by atoms with Crippen molar-refractivity contribution in [3.63, 3.8) is 0 Å². The summed E-state index contributed by atoms with van der Waals surface area (Å²) in [6.07, 6.45) is 0.438. The molecule has 1 heterocycles. The van der Waals surface area contributed by atoms with Crippen LogP contribution >= 0.6 is 0 Å². The number of rotatable bonds is 3. The number of hydrogen-bond acceptors (Lipinski definition) is 4. The van der Waals surface area contributed by atoms with E-state index < -0.39 is 0 Å². The maximum absolute atomic E-state index is 8.57. The fraction of sp³-hybridized carbons (Fsp3) is 1.00. The smallest absolute Gasteiger partial charge is 0.180 e. The molecule has 66 valence electrons. The molecule has 0 saturated carbocycles. The van der Waals surface area contributed by atoms with Gasteiger partial charge in [0.05, 0.1) is 19.3 Å². The molecule has 1 N–H and O–H groups in total. The van der Waals surface area contributed by atoms with E-state index in [2.05, 4.69) is 0 Å². The minimum absolute atomic E-state index is 0.0337. The summed E-state index contributed by atoms with van der Waals surface area (Å²) in [6.45, 7) is 1.12. The van der Waals surface area contributed by atoms with E-state index in [9.17, 15) is 0 Å². The maximum atomic E-state index is 8.57. The van der Waals surface area contributed by atoms with Gasteiger partial charge in [-0.15, -0.1) is 0 Å². The standard InChI is InChI=1S/C7H14O4/c1-9-7-5-10-6(2-3-8)4-11-7/h6-8H,2-5H2,1H3/t6-,7+/m0/s1. The highest BCUT2D eigenvalue weighted by molar-refractivity contribution is 4.61. The Hall–Kier alpha value is -0.160. The lowest BCUT2D eigenvalue weighted by molar-refractivity contribution is -0.226. The second-order valence-electron chi connectivity index (χ2n) is 2.47. The van der Waals surface area contributed by atoms with Crippen LogP contribution in [0.2, 0.25) is 0 Å². The molecule has 0 radical (unpaired) electrons. The lowest BCUT2D eigenvalue weighted by Gasteiger charge is -2.27. The molecule has 2 atom stereocenters. The van der Waals surface area contributed by atoms with E-state index in [0.717, 1.165) is 0 Å². The third kappa shape index (κ3) is 2.75. The van der Waals surface area contributed by atoms with Gasteiger partial charge in [-0.2, -0.15) is 0 Å². The molecular formula is C7H14O4. The van der Waals surface area contributed by atoms with Crippen LogP contribution in [0.3, 0.4) is 0 Å². The molecule has 0 bridgehead atoms. The van der Waals surface area contributed by atoms with Crippen LogP contribution in [0.15, 0.2) is 0 Å². The summed E-state index contributed by atoms with van der Waals surface area (Å²) in [5, 5.41) is 8.57. The Kier molecular flexibility index (Phi) is 3.79. The van der Waals surface area contributed by atoms with E-state index in [-0.39, 0.29) is 19.0 Å². The third-order valence-electron chi connectivity index (χ3n) is 1.65. The van der Waals surface area contributed by atoms with E-state index in [1.807, 2.05) is 0 Å². The lowest BCUT2D eigenvalue weighted by atomic mass is 10.2. The van der Waals surface area contributed by atoms with Crippen molar-refractivity contribution in [2.24, 2.45) is 0 Å². The summed E-state index contributed by atoms with van der Waals surface area (Å²) >= 11 is 0. The van der Waals surface area contributed by atoms with Crippen LogP contribution in [0.4, 0.5) is 0 Å². The predicted molar refractivity (Wildman–Crippen MR) is 38.2 cm³/mol. The summed E-state index contributed by atoms with van der Waals surface area (Å²) < 4.78 is 15.5. The summed E-state index contributed by atoms with van der Waals surface area (Å²) in [4.78, 5) is 0. The first kappa shape index (κ1) is 8.93. The van der Waals surface area contributed by atoms with Crippen molar-refractivity contribution >= 4 is 0 Å². The van der Waals surface area contributed by atoms with Crippen LogP contribution in [0.1, 0.15) is 6.42 Å². The average Bonchev–Trinajstić information content (AvgIpc) is 2.07. The van der Waals surface area contributed by atoms with Gasteiger partial charge in [0.15, 0.2) is 6.29 Å². The molecule has 0 unspecified atom stereocenters. The third-order valence-corrected chi connectivity index (χ3v) is 1.65. The zero-order valence-electron chi connectivity index (χ0n) is 6.66. The molecule has 1 saturated heterocycles. The molecule has 1 rings (SSSR count). The summed E-state index contributed by atoms with van der Waals surface area (Å²) in [5.74, 6) is 0. The molecule has 1 aliphatic heterocycles. The van der Waals surface area contributed by atoms with Crippen molar-refractivity contribution in [2.75, 3.05) is 26.9 Å². The average molecular weight is 162 g/mol. The van der Waals surface area contributed by atoms with Crippen molar-refractivity contribution in [3.8, 4) is 0 Å². The van der Waals surface area contributed by atoms with Crippen LogP contribution in [0, 0.1) is 0 Å². The summed E-state index contributed by atoms with van der Waals surface area (Å²) in [7, 11) is 1.58. The van der Waals surface area contributed by atoms with Crippen molar-refractivity contribution in [1.82, 2.24) is 0 Å². The van der Waals surface area contributed by atoms with Gasteiger partial charge in [-0.05, 0) is 6.42 Å². The fourth-order valence-electron chi connectivity index (χ4n) is 0.972. The largest absolute Gasteiger partial charge is 0.396 e. The van der Waals surface area contributed by atoms with Gasteiger partial charge in [-0.3, -0.25) is 0 Å². The molecule has 1 fully saturated rings. The first-order chi connectivity index (χ1) is 5.36. The van der Waals surface area contributed by atoms with Crippen molar-refractivity contribution in [1.29, 1.82) is 0 Å². The van der Waals surface area contributed by atoms with Gasteiger partial charge in [-0.25, -0.2) is 0 Å². The van der Waals surface area contributed by atoms with Crippen LogP contribution in [-0.2, 0) is 14.2 Å². The van der Waals surface area contributed by atoms with E-state index in [1.165, 1.54) is 0 Å². The van der Waals surface area contributed by atoms with Crippen molar-refractivity contribution < 1.29 is 19.3 Å². The molecule has 0 aliphatic carbocycles. The Labute approximate surface area is 66.1 Å². The first-order valence-electron chi connectivity index (χ1n) is 3.73. The van der Waals surface area contributed by atoms with E-state index in [0.29, 0.717) is 19.6 Å². The number of methoxy groups -OCH3 is 1. The summed E-state index contributed by atoms with van der Waals surface area (Å²) in [6, 6.07) is 0. The van der Waals surface area contributed by atoms with Crippen LogP contribution < -0.4 is 0 Å².